The minimum absolute atomic E-state index is 0.176. The van der Waals surface area contributed by atoms with Crippen molar-refractivity contribution in [3.8, 4) is 0 Å². The summed E-state index contributed by atoms with van der Waals surface area (Å²) in [5, 5.41) is 0. The van der Waals surface area contributed by atoms with Gasteiger partial charge in [-0.25, -0.2) is 4.99 Å². The molecule has 0 atom stereocenters. The Labute approximate surface area is 60.3 Å². The van der Waals surface area contributed by atoms with Gasteiger partial charge in [-0.05, 0) is 0 Å². The van der Waals surface area contributed by atoms with Crippen LogP contribution in [0.2, 0.25) is 0 Å². The number of cyclic esters (lactones) is 1. The molecule has 3 nitrogen and oxygen atoms in total. The number of ether oxygens (including phenoxy) is 1. The fourth-order valence-corrected chi connectivity index (χ4v) is 0.899. The van der Waals surface area contributed by atoms with E-state index in [-0.39, 0.29) is 5.97 Å². The zero-order valence-corrected chi connectivity index (χ0v) is 6.21. The van der Waals surface area contributed by atoms with Gasteiger partial charge in [0.2, 0.25) is 0 Å². The summed E-state index contributed by atoms with van der Waals surface area (Å²) in [5.74, 6) is -0.176. The first kappa shape index (κ1) is 6.00. The SMILES string of the molecule is O=C1CCN=C(I)O1. The summed E-state index contributed by atoms with van der Waals surface area (Å²) < 4.78 is 5.04. The van der Waals surface area contributed by atoms with Gasteiger partial charge in [0.25, 0.3) is 3.90 Å². The van der Waals surface area contributed by atoms with Crippen molar-refractivity contribution in [2.45, 2.75) is 6.42 Å². The molecule has 44 valence electrons. The molecule has 0 amide bonds. The van der Waals surface area contributed by atoms with Gasteiger partial charge in [-0.3, -0.25) is 4.79 Å². The summed E-state index contributed by atoms with van der Waals surface area (Å²) in [6, 6.07) is 0. The molecule has 0 saturated heterocycles. The lowest BCUT2D eigenvalue weighted by Gasteiger charge is -2.04. The normalized spacial score (nSPS) is 19.6. The van der Waals surface area contributed by atoms with Crippen LogP contribution in [0.4, 0.5) is 0 Å². The van der Waals surface area contributed by atoms with Gasteiger partial charge in [-0.2, -0.15) is 0 Å². The van der Waals surface area contributed by atoms with Crippen LogP contribution >= 0.6 is 22.6 Å². The first-order valence-corrected chi connectivity index (χ1v) is 3.27. The highest BCUT2D eigenvalue weighted by Gasteiger charge is 2.09. The van der Waals surface area contributed by atoms with E-state index in [1.165, 1.54) is 0 Å². The lowest BCUT2D eigenvalue weighted by Crippen LogP contribution is -2.13. The highest BCUT2D eigenvalue weighted by molar-refractivity contribution is 14.1. The Kier molecular flexibility index (Phi) is 1.82. The summed E-state index contributed by atoms with van der Waals surface area (Å²) in [7, 11) is 0. The van der Waals surface area contributed by atoms with Crippen LogP contribution in [-0.4, -0.2) is 16.4 Å². The van der Waals surface area contributed by atoms with Gasteiger partial charge in [-0.15, -0.1) is 0 Å². The maximum atomic E-state index is 10.4. The van der Waals surface area contributed by atoms with Crippen molar-refractivity contribution in [1.29, 1.82) is 0 Å². The second kappa shape index (κ2) is 2.43. The van der Waals surface area contributed by atoms with Crippen LogP contribution < -0.4 is 0 Å². The van der Waals surface area contributed by atoms with Crippen molar-refractivity contribution in [1.82, 2.24) is 0 Å². The summed E-state index contributed by atoms with van der Waals surface area (Å²) >= 11 is 1.88. The van der Waals surface area contributed by atoms with E-state index in [1.807, 2.05) is 22.6 Å². The highest BCUT2D eigenvalue weighted by Crippen LogP contribution is 2.02. The first-order valence-electron chi connectivity index (χ1n) is 2.19. The molecule has 0 bridgehead atoms. The molecule has 1 aliphatic rings. The number of hydrogen-bond acceptors (Lipinski definition) is 3. The Hall–Kier alpha value is -0.130. The average Bonchev–Trinajstić information content (AvgIpc) is 1.64. The standard InChI is InChI=1S/C4H4INO2/c5-4-6-2-1-3(7)8-4/h1-2H2. The van der Waals surface area contributed by atoms with Gasteiger partial charge < -0.3 is 4.74 Å². The number of nitrogens with zero attached hydrogens (tertiary/aromatic N) is 1. The summed E-state index contributed by atoms with van der Waals surface area (Å²) in [5.41, 5.74) is 0. The van der Waals surface area contributed by atoms with Crippen molar-refractivity contribution < 1.29 is 9.53 Å². The van der Waals surface area contributed by atoms with Crippen LogP contribution in [0.25, 0.3) is 0 Å². The molecule has 0 aromatic heterocycles. The van der Waals surface area contributed by atoms with Crippen molar-refractivity contribution in [2.24, 2.45) is 4.99 Å². The third kappa shape index (κ3) is 1.43. The van der Waals surface area contributed by atoms with E-state index < -0.39 is 0 Å². The van der Waals surface area contributed by atoms with E-state index in [1.54, 1.807) is 0 Å². The second-order valence-electron chi connectivity index (χ2n) is 1.36. The number of carbonyl (C=O) groups is 1. The predicted molar refractivity (Wildman–Crippen MR) is 37.0 cm³/mol. The monoisotopic (exact) mass is 225 g/mol. The van der Waals surface area contributed by atoms with Crippen LogP contribution in [0.5, 0.6) is 0 Å². The van der Waals surface area contributed by atoms with E-state index in [2.05, 4.69) is 9.73 Å². The fraction of sp³-hybridized carbons (Fsp3) is 0.500. The largest absolute Gasteiger partial charge is 0.402 e. The van der Waals surface area contributed by atoms with Crippen LogP contribution in [-0.2, 0) is 9.53 Å². The molecule has 4 heteroatoms. The number of hydrogen-bond donors (Lipinski definition) is 0. The maximum Gasteiger partial charge on any atom is 0.314 e. The molecule has 0 aromatic carbocycles. The van der Waals surface area contributed by atoms with E-state index in [0.717, 1.165) is 0 Å². The Morgan fingerprint density at radius 3 is 2.88 bits per heavy atom. The van der Waals surface area contributed by atoms with Crippen LogP contribution in [0.15, 0.2) is 4.99 Å². The molecular weight excluding hydrogens is 221 g/mol. The van der Waals surface area contributed by atoms with Crippen molar-refractivity contribution in [3.05, 3.63) is 0 Å². The third-order valence-corrected chi connectivity index (χ3v) is 1.31. The quantitative estimate of drug-likeness (QED) is 0.450. The first-order chi connectivity index (χ1) is 3.79. The van der Waals surface area contributed by atoms with Crippen LogP contribution in [0, 0.1) is 0 Å². The van der Waals surface area contributed by atoms with E-state index in [9.17, 15) is 4.79 Å². The smallest absolute Gasteiger partial charge is 0.314 e. The summed E-state index contributed by atoms with van der Waals surface area (Å²) in [4.78, 5) is 14.2. The molecule has 1 rings (SSSR count). The van der Waals surface area contributed by atoms with Crippen LogP contribution in [0.3, 0.4) is 0 Å². The summed E-state index contributed by atoms with van der Waals surface area (Å²) in [6.07, 6.45) is 0.423. The van der Waals surface area contributed by atoms with Crippen molar-refractivity contribution >= 4 is 32.5 Å². The van der Waals surface area contributed by atoms with Gasteiger partial charge in [0.15, 0.2) is 0 Å². The van der Waals surface area contributed by atoms with Crippen molar-refractivity contribution in [2.75, 3.05) is 6.54 Å². The molecular formula is C4H4INO2. The van der Waals surface area contributed by atoms with E-state index >= 15 is 0 Å². The van der Waals surface area contributed by atoms with E-state index in [4.69, 9.17) is 0 Å². The number of aliphatic imine (C=N–C) groups is 1. The molecule has 0 saturated carbocycles. The number of carbonyl (C=O) groups excluding carboxylic acids is 1. The Morgan fingerprint density at radius 2 is 2.50 bits per heavy atom. The molecule has 8 heavy (non-hydrogen) atoms. The lowest BCUT2D eigenvalue weighted by molar-refractivity contribution is -0.135. The minimum atomic E-state index is -0.176. The lowest BCUT2D eigenvalue weighted by atomic mass is 10.4. The third-order valence-electron chi connectivity index (χ3n) is 0.750. The Bertz CT molecular complexity index is 143. The number of halogens is 1. The topological polar surface area (TPSA) is 38.7 Å². The van der Waals surface area contributed by atoms with Crippen molar-refractivity contribution in [3.63, 3.8) is 0 Å². The van der Waals surface area contributed by atoms with Gasteiger partial charge >= 0.3 is 5.97 Å². The number of rotatable bonds is 0. The maximum absolute atomic E-state index is 10.4. The zero-order chi connectivity index (χ0) is 5.98. The molecule has 0 unspecified atom stereocenters. The number of esters is 1. The Morgan fingerprint density at radius 1 is 1.75 bits per heavy atom. The fourth-order valence-electron chi connectivity index (χ4n) is 0.412. The zero-order valence-electron chi connectivity index (χ0n) is 4.06. The molecule has 0 radical (unpaired) electrons. The molecule has 0 N–H and O–H groups in total. The predicted octanol–water partition coefficient (Wildman–Crippen LogP) is 0.724. The molecule has 1 aliphatic heterocycles. The molecule has 0 fully saturated rings. The van der Waals surface area contributed by atoms with Gasteiger partial charge in [0.05, 0.1) is 13.0 Å². The average molecular weight is 225 g/mol. The molecule has 0 aromatic rings. The Balaban J connectivity index is 2.57. The van der Waals surface area contributed by atoms with Gasteiger partial charge in [0.1, 0.15) is 0 Å². The van der Waals surface area contributed by atoms with Crippen LogP contribution in [0.1, 0.15) is 6.42 Å². The van der Waals surface area contributed by atoms with Gasteiger partial charge in [0, 0.05) is 22.6 Å². The minimum Gasteiger partial charge on any atom is -0.402 e. The second-order valence-corrected chi connectivity index (χ2v) is 2.28. The molecule has 1 heterocycles. The summed E-state index contributed by atoms with van der Waals surface area (Å²) in [6.45, 7) is 0.580. The van der Waals surface area contributed by atoms with E-state index in [0.29, 0.717) is 16.9 Å². The molecule has 0 aliphatic carbocycles. The molecule has 0 spiro atoms. The van der Waals surface area contributed by atoms with Gasteiger partial charge in [-0.1, -0.05) is 0 Å². The highest BCUT2D eigenvalue weighted by atomic mass is 127.